The van der Waals surface area contributed by atoms with Gasteiger partial charge in [0.2, 0.25) is 0 Å². The minimum atomic E-state index is -4.31. The molecule has 0 atom stereocenters. The third-order valence-electron chi connectivity index (χ3n) is 5.53. The molecule has 3 heterocycles. The van der Waals surface area contributed by atoms with Gasteiger partial charge in [-0.2, -0.15) is 10.2 Å². The van der Waals surface area contributed by atoms with Crippen molar-refractivity contribution >= 4 is 90.0 Å². The summed E-state index contributed by atoms with van der Waals surface area (Å²) in [5.41, 5.74) is 2.46. The van der Waals surface area contributed by atoms with Gasteiger partial charge in [0.25, 0.3) is 10.0 Å². The van der Waals surface area contributed by atoms with Gasteiger partial charge in [-0.25, -0.2) is 8.42 Å². The second kappa shape index (κ2) is 12.9. The number of benzene rings is 2. The van der Waals surface area contributed by atoms with Gasteiger partial charge in [0.1, 0.15) is 10.2 Å². The van der Waals surface area contributed by atoms with Crippen LogP contribution in [0.5, 0.6) is 0 Å². The summed E-state index contributed by atoms with van der Waals surface area (Å²) in [6.45, 7) is 2.91. The van der Waals surface area contributed by atoms with E-state index >= 15 is 0 Å². The lowest BCUT2D eigenvalue weighted by atomic mass is 10.2. The van der Waals surface area contributed by atoms with E-state index in [2.05, 4.69) is 43.0 Å². The fourth-order valence-corrected chi connectivity index (χ4v) is 6.34. The van der Waals surface area contributed by atoms with Crippen LogP contribution in [0.25, 0.3) is 16.7 Å². The molecule has 212 valence electrons. The zero-order valence-corrected chi connectivity index (χ0v) is 26.6. The molecule has 15 heteroatoms. The van der Waals surface area contributed by atoms with E-state index < -0.39 is 22.5 Å². The van der Waals surface area contributed by atoms with Gasteiger partial charge >= 0.3 is 5.97 Å². The summed E-state index contributed by atoms with van der Waals surface area (Å²) in [7, 11) is -4.31. The molecule has 5 aromatic rings. The monoisotopic (exact) mass is 744 g/mol. The zero-order valence-electron chi connectivity index (χ0n) is 21.3. The lowest BCUT2D eigenvalue weighted by Gasteiger charge is -2.23. The number of carbonyl (C=O) groups is 1. The largest absolute Gasteiger partial charge is 0.480 e. The van der Waals surface area contributed by atoms with E-state index in [1.807, 2.05) is 26.0 Å². The van der Waals surface area contributed by atoms with E-state index in [9.17, 15) is 18.3 Å². The Morgan fingerprint density at radius 1 is 0.902 bits per heavy atom. The number of aryl methyl sites for hydroxylation is 2. The van der Waals surface area contributed by atoms with E-state index in [0.717, 1.165) is 19.4 Å². The van der Waals surface area contributed by atoms with E-state index in [4.69, 9.17) is 34.8 Å². The Morgan fingerprint density at radius 3 is 2.07 bits per heavy atom. The molecule has 0 aliphatic heterocycles. The Kier molecular flexibility index (Phi) is 9.70. The molecular formula is C26H20Cl3IN6O4S. The topological polar surface area (TPSA) is 131 Å². The first-order valence-corrected chi connectivity index (χ1v) is 15.3. The van der Waals surface area contributed by atoms with Crippen molar-refractivity contribution in [2.75, 3.05) is 10.8 Å². The van der Waals surface area contributed by atoms with Crippen molar-refractivity contribution in [1.82, 2.24) is 25.0 Å². The molecular weight excluding hydrogens is 726 g/mol. The Labute approximate surface area is 264 Å². The average molecular weight is 746 g/mol. The summed E-state index contributed by atoms with van der Waals surface area (Å²) in [4.78, 5) is 11.3. The van der Waals surface area contributed by atoms with Crippen LogP contribution in [-0.4, -0.2) is 51.0 Å². The van der Waals surface area contributed by atoms with Crippen molar-refractivity contribution in [2.24, 2.45) is 0 Å². The lowest BCUT2D eigenvalue weighted by molar-refractivity contribution is -0.135. The molecule has 0 radical (unpaired) electrons. The quantitative estimate of drug-likeness (QED) is 0.199. The molecule has 10 nitrogen and oxygen atoms in total. The van der Waals surface area contributed by atoms with Crippen molar-refractivity contribution in [3.8, 4) is 5.82 Å². The predicted octanol–water partition coefficient (Wildman–Crippen LogP) is 6.36. The van der Waals surface area contributed by atoms with Crippen LogP contribution in [0.15, 0.2) is 71.8 Å². The number of aromatic nitrogens is 5. The van der Waals surface area contributed by atoms with Crippen LogP contribution in [0, 0.1) is 17.5 Å². The first-order chi connectivity index (χ1) is 19.3. The molecule has 0 aliphatic carbocycles. The fraction of sp³-hybridized carbons (Fsp3) is 0.115. The van der Waals surface area contributed by atoms with Gasteiger partial charge in [-0.3, -0.25) is 13.7 Å². The maximum Gasteiger partial charge on any atom is 0.324 e. The number of nitrogens with zero attached hydrogens (tertiary/aromatic N) is 6. The third-order valence-corrected chi connectivity index (χ3v) is 8.59. The molecule has 5 rings (SSSR count). The molecule has 0 spiro atoms. The molecule has 0 saturated heterocycles. The number of anilines is 1. The number of carboxylic acid groups (broad SMARTS) is 1. The number of hydrogen-bond donors (Lipinski definition) is 1. The number of aliphatic carboxylic acids is 1. The van der Waals surface area contributed by atoms with Gasteiger partial charge in [-0.15, -0.1) is 10.2 Å². The van der Waals surface area contributed by atoms with Crippen LogP contribution in [0.1, 0.15) is 11.4 Å². The van der Waals surface area contributed by atoms with E-state index in [1.54, 1.807) is 29.0 Å². The molecule has 41 heavy (non-hydrogen) atoms. The van der Waals surface area contributed by atoms with Gasteiger partial charge in [0, 0.05) is 21.6 Å². The molecule has 3 aromatic heterocycles. The summed E-state index contributed by atoms with van der Waals surface area (Å²) < 4.78 is 30.1. The molecule has 0 aliphatic rings. The Bertz CT molecular complexity index is 1790. The second-order valence-corrected chi connectivity index (χ2v) is 12.8. The van der Waals surface area contributed by atoms with E-state index in [-0.39, 0.29) is 20.6 Å². The van der Waals surface area contributed by atoms with Crippen molar-refractivity contribution in [3.63, 3.8) is 0 Å². The summed E-state index contributed by atoms with van der Waals surface area (Å²) in [6, 6.07) is 15.9. The molecule has 0 saturated carbocycles. The zero-order chi connectivity index (χ0) is 29.9. The Balaban J connectivity index is 0.000000417. The highest BCUT2D eigenvalue weighted by molar-refractivity contribution is 14.1. The molecule has 1 N–H and O–H groups in total. The minimum Gasteiger partial charge on any atom is -0.480 e. The van der Waals surface area contributed by atoms with Crippen molar-refractivity contribution < 1.29 is 18.3 Å². The van der Waals surface area contributed by atoms with Gasteiger partial charge in [-0.05, 0) is 97.1 Å². The lowest BCUT2D eigenvalue weighted by Crippen LogP contribution is -2.35. The normalized spacial score (nSPS) is 11.2. The number of halogens is 4. The van der Waals surface area contributed by atoms with Crippen molar-refractivity contribution in [1.29, 1.82) is 0 Å². The molecule has 0 bridgehead atoms. The Hall–Kier alpha value is -3.04. The van der Waals surface area contributed by atoms with Gasteiger partial charge in [0.05, 0.1) is 32.5 Å². The molecule has 2 aromatic carbocycles. The highest BCUT2D eigenvalue weighted by Crippen LogP contribution is 2.34. The molecule has 0 amide bonds. The first-order valence-electron chi connectivity index (χ1n) is 11.6. The summed E-state index contributed by atoms with van der Waals surface area (Å²) in [5.74, 6) is -0.820. The summed E-state index contributed by atoms with van der Waals surface area (Å²) in [5, 5.41) is 26.3. The van der Waals surface area contributed by atoms with Gasteiger partial charge < -0.3 is 5.11 Å². The van der Waals surface area contributed by atoms with Crippen LogP contribution >= 0.6 is 57.4 Å². The Morgan fingerprint density at radius 2 is 1.54 bits per heavy atom. The number of hydrogen-bond acceptors (Lipinski definition) is 7. The minimum absolute atomic E-state index is 0.103. The fourth-order valence-electron chi connectivity index (χ4n) is 3.67. The smallest absolute Gasteiger partial charge is 0.324 e. The van der Waals surface area contributed by atoms with Crippen molar-refractivity contribution in [3.05, 3.63) is 97.0 Å². The van der Waals surface area contributed by atoms with Crippen LogP contribution in [-0.2, 0) is 14.8 Å². The molecule has 0 fully saturated rings. The molecule has 0 unspecified atom stereocenters. The maximum absolute atomic E-state index is 13.3. The number of carboxylic acids is 1. The number of rotatable bonds is 6. The van der Waals surface area contributed by atoms with Crippen LogP contribution in [0.4, 0.5) is 5.69 Å². The SMILES string of the molecule is Cc1ccc(-n2cc(Cl)c3cc(N(CC(=O)O)S(=O)(=O)c4cc(Cl)cc(Cl)c4)ccc32)nn1.Cc1ccc(I)nn1. The average Bonchev–Trinajstić information content (AvgIpc) is 3.24. The standard InChI is InChI=1S/C21H15Cl3N4O4S.C5H5IN2/c1-12-2-5-20(26-25-12)27-10-18(24)17-9-15(3-4-19(17)27)28(11-21(29)30)33(31,32)16-7-13(22)6-14(23)8-16;1-4-2-3-5(6)8-7-4/h2-10H,11H2,1H3,(H,29,30);2-3H,1H3. The maximum atomic E-state index is 13.3. The summed E-state index contributed by atoms with van der Waals surface area (Å²) >= 11 is 20.5. The highest BCUT2D eigenvalue weighted by Gasteiger charge is 2.28. The number of sulfonamides is 1. The second-order valence-electron chi connectivity index (χ2n) is 8.59. The van der Waals surface area contributed by atoms with Crippen molar-refractivity contribution in [2.45, 2.75) is 18.7 Å². The third kappa shape index (κ3) is 7.43. The predicted molar refractivity (Wildman–Crippen MR) is 167 cm³/mol. The van der Waals surface area contributed by atoms with E-state index in [1.165, 1.54) is 30.3 Å². The van der Waals surface area contributed by atoms with Gasteiger partial charge in [-0.1, -0.05) is 34.8 Å². The summed E-state index contributed by atoms with van der Waals surface area (Å²) in [6.07, 6.45) is 1.63. The van der Waals surface area contributed by atoms with Gasteiger partial charge in [0.15, 0.2) is 5.82 Å². The van der Waals surface area contributed by atoms with Crippen LogP contribution in [0.2, 0.25) is 15.1 Å². The van der Waals surface area contributed by atoms with E-state index in [0.29, 0.717) is 21.7 Å². The van der Waals surface area contributed by atoms with Crippen LogP contribution < -0.4 is 4.31 Å². The first kappa shape index (κ1) is 30.9. The highest BCUT2D eigenvalue weighted by atomic mass is 127. The number of fused-ring (bicyclic) bond motifs is 1. The van der Waals surface area contributed by atoms with Crippen LogP contribution in [0.3, 0.4) is 0 Å².